The molecule has 17 heavy (non-hydrogen) atoms. The van der Waals surface area contributed by atoms with Gasteiger partial charge < -0.3 is 14.2 Å². The van der Waals surface area contributed by atoms with Gasteiger partial charge in [0, 0.05) is 6.08 Å². The molecule has 0 atom stereocenters. The highest BCUT2D eigenvalue weighted by molar-refractivity contribution is 6.17. The van der Waals surface area contributed by atoms with E-state index < -0.39 is 5.97 Å². The Bertz CT molecular complexity index is 415. The van der Waals surface area contributed by atoms with Crippen molar-refractivity contribution in [3.05, 3.63) is 29.8 Å². The lowest BCUT2D eigenvalue weighted by atomic mass is 10.2. The highest BCUT2D eigenvalue weighted by Crippen LogP contribution is 2.27. The molecular formula is C12H13ClO4. The highest BCUT2D eigenvalue weighted by atomic mass is 35.5. The maximum atomic E-state index is 11.0. The number of alkyl halides is 1. The molecule has 0 N–H and O–H groups in total. The Morgan fingerprint density at radius 2 is 2.00 bits per heavy atom. The van der Waals surface area contributed by atoms with E-state index >= 15 is 0 Å². The average molecular weight is 257 g/mol. The van der Waals surface area contributed by atoms with Gasteiger partial charge in [-0.05, 0) is 23.8 Å². The molecular weight excluding hydrogens is 244 g/mol. The summed E-state index contributed by atoms with van der Waals surface area (Å²) in [6.45, 7) is 0. The third kappa shape index (κ3) is 4.00. The minimum Gasteiger partial charge on any atom is -0.493 e. The average Bonchev–Trinajstić information content (AvgIpc) is 2.36. The van der Waals surface area contributed by atoms with Gasteiger partial charge in [-0.1, -0.05) is 17.7 Å². The fourth-order valence-electron chi connectivity index (χ4n) is 1.22. The van der Waals surface area contributed by atoms with Crippen molar-refractivity contribution in [1.82, 2.24) is 0 Å². The molecule has 1 aromatic rings. The van der Waals surface area contributed by atoms with Crippen LogP contribution in [0.15, 0.2) is 24.3 Å². The van der Waals surface area contributed by atoms with E-state index in [-0.39, 0.29) is 6.07 Å². The first kappa shape index (κ1) is 13.4. The predicted molar refractivity (Wildman–Crippen MR) is 65.4 cm³/mol. The number of carbonyl (C=O) groups is 1. The van der Waals surface area contributed by atoms with Crippen LogP contribution in [0.2, 0.25) is 0 Å². The molecule has 4 nitrogen and oxygen atoms in total. The van der Waals surface area contributed by atoms with Crippen molar-refractivity contribution in [2.45, 2.75) is 0 Å². The molecule has 0 aromatic heterocycles. The van der Waals surface area contributed by atoms with Crippen molar-refractivity contribution in [1.29, 1.82) is 0 Å². The molecule has 0 radical (unpaired) electrons. The van der Waals surface area contributed by atoms with Crippen LogP contribution in [0, 0.1) is 0 Å². The first-order chi connectivity index (χ1) is 8.21. The van der Waals surface area contributed by atoms with Gasteiger partial charge in [0.15, 0.2) is 17.6 Å². The number of hydrogen-bond donors (Lipinski definition) is 0. The van der Waals surface area contributed by atoms with Crippen LogP contribution in [0.4, 0.5) is 0 Å². The molecule has 1 aromatic carbocycles. The maximum Gasteiger partial charge on any atom is 0.331 e. The number of hydrogen-bond acceptors (Lipinski definition) is 4. The SMILES string of the molecule is COc1ccc(/C=C/C(=O)OCCl)cc1OC. The van der Waals surface area contributed by atoms with E-state index in [4.69, 9.17) is 21.1 Å². The number of rotatable bonds is 5. The lowest BCUT2D eigenvalue weighted by Gasteiger charge is -2.07. The molecule has 0 spiro atoms. The summed E-state index contributed by atoms with van der Waals surface area (Å²) >= 11 is 5.25. The molecule has 0 fully saturated rings. The minimum absolute atomic E-state index is 0.158. The van der Waals surface area contributed by atoms with Gasteiger partial charge in [0.25, 0.3) is 0 Å². The van der Waals surface area contributed by atoms with E-state index in [1.165, 1.54) is 6.08 Å². The summed E-state index contributed by atoms with van der Waals surface area (Å²) in [4.78, 5) is 11.0. The van der Waals surface area contributed by atoms with Crippen LogP contribution in [-0.4, -0.2) is 26.3 Å². The smallest absolute Gasteiger partial charge is 0.331 e. The molecule has 0 amide bonds. The quantitative estimate of drug-likeness (QED) is 0.461. The Balaban J connectivity index is 2.82. The molecule has 92 valence electrons. The third-order valence-corrected chi connectivity index (χ3v) is 2.13. The molecule has 0 unspecified atom stereocenters. The Morgan fingerprint density at radius 3 is 2.59 bits per heavy atom. The monoisotopic (exact) mass is 256 g/mol. The Labute approximate surface area is 105 Å². The van der Waals surface area contributed by atoms with Crippen molar-refractivity contribution in [2.75, 3.05) is 20.3 Å². The molecule has 5 heteroatoms. The zero-order valence-corrected chi connectivity index (χ0v) is 10.4. The first-order valence-electron chi connectivity index (χ1n) is 4.84. The van der Waals surface area contributed by atoms with E-state index in [1.807, 2.05) is 0 Å². The van der Waals surface area contributed by atoms with E-state index in [1.54, 1.807) is 38.5 Å². The fourth-order valence-corrected chi connectivity index (χ4v) is 1.33. The number of esters is 1. The summed E-state index contributed by atoms with van der Waals surface area (Å²) in [5.41, 5.74) is 0.800. The van der Waals surface area contributed by atoms with Gasteiger partial charge in [0.05, 0.1) is 14.2 Å². The van der Waals surface area contributed by atoms with Crippen molar-refractivity contribution in [3.63, 3.8) is 0 Å². The summed E-state index contributed by atoms with van der Waals surface area (Å²) in [7, 11) is 3.11. The van der Waals surface area contributed by atoms with E-state index in [9.17, 15) is 4.79 Å². The minimum atomic E-state index is -0.491. The second-order valence-electron chi connectivity index (χ2n) is 3.02. The normalized spacial score (nSPS) is 10.3. The first-order valence-corrected chi connectivity index (χ1v) is 5.37. The highest BCUT2D eigenvalue weighted by Gasteiger charge is 2.03. The van der Waals surface area contributed by atoms with Gasteiger partial charge >= 0.3 is 5.97 Å². The molecule has 0 bridgehead atoms. The van der Waals surface area contributed by atoms with Gasteiger partial charge in [-0.2, -0.15) is 0 Å². The summed E-state index contributed by atoms with van der Waals surface area (Å²) in [5.74, 6) is 0.739. The van der Waals surface area contributed by atoms with Crippen molar-refractivity contribution in [3.8, 4) is 11.5 Å². The zero-order chi connectivity index (χ0) is 12.7. The van der Waals surface area contributed by atoms with Crippen molar-refractivity contribution in [2.24, 2.45) is 0 Å². The third-order valence-electron chi connectivity index (χ3n) is 2.02. The fraction of sp³-hybridized carbons (Fsp3) is 0.250. The zero-order valence-electron chi connectivity index (χ0n) is 9.60. The molecule has 0 saturated heterocycles. The van der Waals surface area contributed by atoms with Crippen LogP contribution in [0.25, 0.3) is 6.08 Å². The molecule has 1 rings (SSSR count). The summed E-state index contributed by atoms with van der Waals surface area (Å²) < 4.78 is 14.8. The number of halogens is 1. The number of ether oxygens (including phenoxy) is 3. The molecule has 0 aliphatic heterocycles. The van der Waals surface area contributed by atoms with E-state index in [0.29, 0.717) is 11.5 Å². The second-order valence-corrected chi connectivity index (χ2v) is 3.24. The van der Waals surface area contributed by atoms with Gasteiger partial charge in [-0.15, -0.1) is 0 Å². The Kier molecular flexibility index (Phi) is 5.36. The van der Waals surface area contributed by atoms with Gasteiger partial charge in [-0.3, -0.25) is 0 Å². The number of carbonyl (C=O) groups excluding carboxylic acids is 1. The predicted octanol–water partition coefficient (Wildman–Crippen LogP) is 2.46. The standard InChI is InChI=1S/C12H13ClO4/c1-15-10-5-3-9(7-11(10)16-2)4-6-12(14)17-8-13/h3-7H,8H2,1-2H3/b6-4+. The van der Waals surface area contributed by atoms with Crippen LogP contribution in [0.3, 0.4) is 0 Å². The second kappa shape index (κ2) is 6.81. The summed E-state index contributed by atoms with van der Waals surface area (Å²) in [6.07, 6.45) is 2.90. The van der Waals surface area contributed by atoms with Crippen LogP contribution < -0.4 is 9.47 Å². The molecule has 0 aliphatic carbocycles. The van der Waals surface area contributed by atoms with Crippen LogP contribution >= 0.6 is 11.6 Å². The molecule has 0 saturated carbocycles. The molecule has 0 heterocycles. The lowest BCUT2D eigenvalue weighted by molar-refractivity contribution is -0.135. The number of methoxy groups -OCH3 is 2. The summed E-state index contributed by atoms with van der Waals surface area (Å²) in [5, 5.41) is 0. The molecule has 0 aliphatic rings. The van der Waals surface area contributed by atoms with Crippen LogP contribution in [-0.2, 0) is 9.53 Å². The van der Waals surface area contributed by atoms with Gasteiger partial charge in [-0.25, -0.2) is 4.79 Å². The van der Waals surface area contributed by atoms with Crippen LogP contribution in [0.5, 0.6) is 11.5 Å². The van der Waals surface area contributed by atoms with Gasteiger partial charge in [0.2, 0.25) is 0 Å². The Morgan fingerprint density at radius 1 is 1.29 bits per heavy atom. The number of benzene rings is 1. The topological polar surface area (TPSA) is 44.8 Å². The van der Waals surface area contributed by atoms with Crippen LogP contribution in [0.1, 0.15) is 5.56 Å². The summed E-state index contributed by atoms with van der Waals surface area (Å²) in [6, 6.07) is 5.15. The van der Waals surface area contributed by atoms with Crippen molar-refractivity contribution >= 4 is 23.6 Å². The maximum absolute atomic E-state index is 11.0. The lowest BCUT2D eigenvalue weighted by Crippen LogP contribution is -1.97. The van der Waals surface area contributed by atoms with Gasteiger partial charge in [0.1, 0.15) is 0 Å². The van der Waals surface area contributed by atoms with E-state index in [2.05, 4.69) is 4.74 Å². The van der Waals surface area contributed by atoms with E-state index in [0.717, 1.165) is 5.56 Å². The van der Waals surface area contributed by atoms with Crippen molar-refractivity contribution < 1.29 is 19.0 Å². The Hall–Kier alpha value is -1.68. The largest absolute Gasteiger partial charge is 0.493 e.